The molecule has 3 aromatic rings. The van der Waals surface area contributed by atoms with Crippen LogP contribution in [-0.4, -0.2) is 44.3 Å². The number of aliphatic hydroxyl groups is 1. The summed E-state index contributed by atoms with van der Waals surface area (Å²) in [6.07, 6.45) is 1.71. The Balaban J connectivity index is 1.75. The second-order valence-electron chi connectivity index (χ2n) is 6.60. The van der Waals surface area contributed by atoms with Crippen molar-refractivity contribution in [2.24, 2.45) is 0 Å². The molecule has 0 saturated carbocycles. The number of nitrogens with one attached hydrogen (secondary N) is 1. The first-order valence-corrected chi connectivity index (χ1v) is 9.52. The highest BCUT2D eigenvalue weighted by atomic mass is 32.1. The highest BCUT2D eigenvalue weighted by Crippen LogP contribution is 2.40. The van der Waals surface area contributed by atoms with Crippen LogP contribution >= 0.6 is 12.2 Å². The van der Waals surface area contributed by atoms with E-state index in [1.807, 2.05) is 29.2 Å². The van der Waals surface area contributed by atoms with Crippen molar-refractivity contribution in [2.45, 2.75) is 12.1 Å². The van der Waals surface area contributed by atoms with Gasteiger partial charge in [-0.15, -0.1) is 0 Å². The lowest BCUT2D eigenvalue weighted by molar-refractivity contribution is 0.0697. The van der Waals surface area contributed by atoms with Crippen LogP contribution in [0.15, 0.2) is 65.2 Å². The van der Waals surface area contributed by atoms with Gasteiger partial charge in [0.05, 0.1) is 23.9 Å². The third kappa shape index (κ3) is 3.59. The minimum absolute atomic E-state index is 0.0668. The number of aliphatic hydroxyl groups excluding tert-OH is 1. The number of hydrogen-bond donors (Lipinski definition) is 3. The number of rotatable bonds is 6. The fraction of sp³-hybridized carbons (Fsp3) is 0.190. The van der Waals surface area contributed by atoms with E-state index in [1.54, 1.807) is 36.5 Å². The van der Waals surface area contributed by atoms with Crippen LogP contribution in [0.2, 0.25) is 0 Å². The van der Waals surface area contributed by atoms with E-state index in [0.29, 0.717) is 28.7 Å². The lowest BCUT2D eigenvalue weighted by atomic mass is 10.0. The summed E-state index contributed by atoms with van der Waals surface area (Å²) in [4.78, 5) is 17.9. The standard InChI is InChI=1S/C21H19N3O4S/c25-12-11-24-19(18(23-21(24)29)15-7-3-4-10-22-15)17-9-8-16(28-17)13-5-1-2-6-14(13)20(26)27/h1-10,18-19,25H,11-12H2,(H,23,29)(H,26,27)/t18-,19+/m0/s1. The van der Waals surface area contributed by atoms with E-state index in [0.717, 1.165) is 5.69 Å². The van der Waals surface area contributed by atoms with E-state index in [-0.39, 0.29) is 24.3 Å². The number of nitrogens with zero attached hydrogens (tertiary/aromatic N) is 2. The molecule has 1 aliphatic heterocycles. The van der Waals surface area contributed by atoms with Crippen molar-refractivity contribution in [2.75, 3.05) is 13.2 Å². The molecule has 7 nitrogen and oxygen atoms in total. The SMILES string of the molecule is O=C(O)c1ccccc1-c1ccc([C@@H]2[C@H](c3ccccn3)NC(=S)N2CCO)o1. The van der Waals surface area contributed by atoms with Crippen LogP contribution < -0.4 is 5.32 Å². The van der Waals surface area contributed by atoms with Crippen molar-refractivity contribution in [1.82, 2.24) is 15.2 Å². The van der Waals surface area contributed by atoms with Crippen LogP contribution in [0.25, 0.3) is 11.3 Å². The third-order valence-corrected chi connectivity index (χ3v) is 5.23. The van der Waals surface area contributed by atoms with Gasteiger partial charge in [0.1, 0.15) is 17.6 Å². The maximum atomic E-state index is 11.6. The first kappa shape index (κ1) is 19.1. The van der Waals surface area contributed by atoms with Crippen molar-refractivity contribution < 1.29 is 19.4 Å². The van der Waals surface area contributed by atoms with Gasteiger partial charge >= 0.3 is 5.97 Å². The maximum Gasteiger partial charge on any atom is 0.336 e. The Kier molecular flexibility index (Phi) is 5.28. The molecule has 1 fully saturated rings. The lowest BCUT2D eigenvalue weighted by Crippen LogP contribution is -2.32. The monoisotopic (exact) mass is 409 g/mol. The van der Waals surface area contributed by atoms with E-state index in [1.165, 1.54) is 0 Å². The molecule has 3 heterocycles. The van der Waals surface area contributed by atoms with Crippen molar-refractivity contribution in [1.29, 1.82) is 0 Å². The molecule has 1 saturated heterocycles. The number of thiocarbonyl (C=S) groups is 1. The summed E-state index contributed by atoms with van der Waals surface area (Å²) < 4.78 is 6.11. The van der Waals surface area contributed by atoms with Gasteiger partial charge in [0.25, 0.3) is 0 Å². The molecule has 0 aliphatic carbocycles. The average Bonchev–Trinajstić information content (AvgIpc) is 3.34. The number of carboxylic acid groups (broad SMARTS) is 1. The van der Waals surface area contributed by atoms with E-state index in [4.69, 9.17) is 16.6 Å². The number of aromatic nitrogens is 1. The normalized spacial score (nSPS) is 18.7. The Morgan fingerprint density at radius 2 is 1.97 bits per heavy atom. The Bertz CT molecular complexity index is 1040. The topological polar surface area (TPSA) is 98.8 Å². The summed E-state index contributed by atoms with van der Waals surface area (Å²) in [6.45, 7) is 0.268. The van der Waals surface area contributed by atoms with Crippen LogP contribution in [0.4, 0.5) is 0 Å². The summed E-state index contributed by atoms with van der Waals surface area (Å²) in [5.41, 5.74) is 1.47. The molecule has 0 amide bonds. The van der Waals surface area contributed by atoms with E-state index >= 15 is 0 Å². The molecule has 8 heteroatoms. The molecule has 0 bridgehead atoms. The van der Waals surface area contributed by atoms with E-state index in [2.05, 4.69) is 10.3 Å². The number of carboxylic acids is 1. The Labute approximate surface area is 172 Å². The van der Waals surface area contributed by atoms with Crippen molar-refractivity contribution in [3.8, 4) is 11.3 Å². The molecule has 2 aromatic heterocycles. The molecule has 2 atom stereocenters. The number of β-amino-alcohol motifs (C(OH)–C–C–N with tert-alkyl or cyclic N) is 1. The zero-order valence-corrected chi connectivity index (χ0v) is 16.2. The molecule has 148 valence electrons. The molecule has 1 aromatic carbocycles. The fourth-order valence-corrected chi connectivity index (χ4v) is 3.94. The van der Waals surface area contributed by atoms with Gasteiger partial charge in [-0.1, -0.05) is 24.3 Å². The third-order valence-electron chi connectivity index (χ3n) is 4.88. The summed E-state index contributed by atoms with van der Waals surface area (Å²) in [7, 11) is 0. The molecular weight excluding hydrogens is 390 g/mol. The molecule has 1 aliphatic rings. The van der Waals surface area contributed by atoms with Crippen LogP contribution in [0.3, 0.4) is 0 Å². The number of benzene rings is 1. The zero-order valence-electron chi connectivity index (χ0n) is 15.4. The summed E-state index contributed by atoms with van der Waals surface area (Å²) >= 11 is 5.47. The van der Waals surface area contributed by atoms with Gasteiger partial charge in [-0.05, 0) is 42.5 Å². The Morgan fingerprint density at radius 1 is 1.17 bits per heavy atom. The van der Waals surface area contributed by atoms with Crippen LogP contribution in [-0.2, 0) is 0 Å². The number of aromatic carboxylic acids is 1. The van der Waals surface area contributed by atoms with Crippen molar-refractivity contribution in [3.63, 3.8) is 0 Å². The lowest BCUT2D eigenvalue weighted by Gasteiger charge is -2.25. The van der Waals surface area contributed by atoms with Gasteiger partial charge in [0, 0.05) is 18.3 Å². The predicted octanol–water partition coefficient (Wildman–Crippen LogP) is 3.00. The smallest absolute Gasteiger partial charge is 0.336 e. The van der Waals surface area contributed by atoms with Crippen molar-refractivity contribution in [3.05, 3.63) is 77.8 Å². The second-order valence-corrected chi connectivity index (χ2v) is 6.98. The maximum absolute atomic E-state index is 11.6. The summed E-state index contributed by atoms with van der Waals surface area (Å²) in [5.74, 6) is 0.0479. The summed E-state index contributed by atoms with van der Waals surface area (Å²) in [5, 5.41) is 22.7. The predicted molar refractivity (Wildman–Crippen MR) is 110 cm³/mol. The van der Waals surface area contributed by atoms with Gasteiger partial charge < -0.3 is 24.8 Å². The van der Waals surface area contributed by atoms with E-state index < -0.39 is 5.97 Å². The summed E-state index contributed by atoms with van der Waals surface area (Å²) in [6, 6.07) is 15.3. The number of furan rings is 1. The molecule has 0 radical (unpaired) electrons. The highest BCUT2D eigenvalue weighted by molar-refractivity contribution is 7.80. The Morgan fingerprint density at radius 3 is 2.69 bits per heavy atom. The first-order valence-electron chi connectivity index (χ1n) is 9.11. The number of carbonyl (C=O) groups is 1. The van der Waals surface area contributed by atoms with Gasteiger partial charge in [0.15, 0.2) is 5.11 Å². The largest absolute Gasteiger partial charge is 0.478 e. The molecule has 29 heavy (non-hydrogen) atoms. The average molecular weight is 409 g/mol. The zero-order chi connectivity index (χ0) is 20.4. The molecule has 0 spiro atoms. The quantitative estimate of drug-likeness (QED) is 0.535. The highest BCUT2D eigenvalue weighted by Gasteiger charge is 2.41. The number of pyridine rings is 1. The van der Waals surface area contributed by atoms with E-state index in [9.17, 15) is 15.0 Å². The molecule has 3 N–H and O–H groups in total. The molecule has 4 rings (SSSR count). The Hall–Kier alpha value is -3.23. The fourth-order valence-electron chi connectivity index (χ4n) is 3.60. The van der Waals surface area contributed by atoms with Crippen LogP contribution in [0.5, 0.6) is 0 Å². The second kappa shape index (κ2) is 8.02. The van der Waals surface area contributed by atoms with Gasteiger partial charge in [-0.3, -0.25) is 4.98 Å². The van der Waals surface area contributed by atoms with Gasteiger partial charge in [-0.25, -0.2) is 4.79 Å². The number of hydrogen-bond acceptors (Lipinski definition) is 5. The first-order chi connectivity index (χ1) is 14.1. The van der Waals surface area contributed by atoms with Crippen LogP contribution in [0.1, 0.15) is 33.9 Å². The minimum Gasteiger partial charge on any atom is -0.478 e. The molecule has 0 unspecified atom stereocenters. The van der Waals surface area contributed by atoms with Gasteiger partial charge in [0.2, 0.25) is 0 Å². The van der Waals surface area contributed by atoms with Crippen molar-refractivity contribution >= 4 is 23.3 Å². The minimum atomic E-state index is -1.02. The van der Waals surface area contributed by atoms with Crippen LogP contribution in [0, 0.1) is 0 Å². The molecular formula is C21H19N3O4S. The van der Waals surface area contributed by atoms with Gasteiger partial charge in [-0.2, -0.15) is 0 Å².